The molecule has 12 heavy (non-hydrogen) atoms. The topological polar surface area (TPSA) is 0 Å². The summed E-state index contributed by atoms with van der Waals surface area (Å²) in [5.74, 6) is -3.11. The van der Waals surface area contributed by atoms with Crippen molar-refractivity contribution in [1.82, 2.24) is 0 Å². The molecule has 1 unspecified atom stereocenters. The summed E-state index contributed by atoms with van der Waals surface area (Å²) in [5, 5.41) is 0. The molecular weight excluding hydrogens is 158 g/mol. The van der Waals surface area contributed by atoms with Gasteiger partial charge in [0.25, 0.3) is 5.92 Å². The predicted molar refractivity (Wildman–Crippen MR) is 48.4 cm³/mol. The second-order valence-corrected chi connectivity index (χ2v) is 4.91. The molecule has 0 spiro atoms. The Morgan fingerprint density at radius 3 is 1.33 bits per heavy atom. The first-order valence-corrected chi connectivity index (χ1v) is 4.48. The van der Waals surface area contributed by atoms with Crippen LogP contribution in [0.25, 0.3) is 0 Å². The van der Waals surface area contributed by atoms with E-state index in [1.54, 1.807) is 27.7 Å². The first kappa shape index (κ1) is 11.9. The smallest absolute Gasteiger partial charge is 0.206 e. The quantitative estimate of drug-likeness (QED) is 0.600. The molecule has 0 radical (unpaired) electrons. The third-order valence-corrected chi connectivity index (χ3v) is 2.57. The minimum Gasteiger partial charge on any atom is -0.206 e. The van der Waals surface area contributed by atoms with Crippen molar-refractivity contribution in [1.29, 1.82) is 0 Å². The van der Waals surface area contributed by atoms with Gasteiger partial charge in [0.1, 0.15) is 0 Å². The Kier molecular flexibility index (Phi) is 3.27. The first-order chi connectivity index (χ1) is 5.10. The van der Waals surface area contributed by atoms with Crippen LogP contribution in [0.2, 0.25) is 0 Å². The zero-order valence-corrected chi connectivity index (χ0v) is 8.91. The van der Waals surface area contributed by atoms with Crippen molar-refractivity contribution in [2.24, 2.45) is 17.3 Å². The molecule has 0 aromatic heterocycles. The van der Waals surface area contributed by atoms with E-state index in [4.69, 9.17) is 0 Å². The third kappa shape index (κ3) is 2.18. The molecule has 0 aliphatic carbocycles. The Morgan fingerprint density at radius 1 is 0.917 bits per heavy atom. The van der Waals surface area contributed by atoms with Gasteiger partial charge in [0.05, 0.1) is 0 Å². The Labute approximate surface area is 74.4 Å². The van der Waals surface area contributed by atoms with Crippen molar-refractivity contribution in [2.75, 3.05) is 0 Å². The van der Waals surface area contributed by atoms with Gasteiger partial charge in [0, 0.05) is 11.3 Å². The van der Waals surface area contributed by atoms with Crippen LogP contribution in [0.4, 0.5) is 8.78 Å². The maximum absolute atomic E-state index is 13.6. The highest BCUT2D eigenvalue weighted by Gasteiger charge is 2.48. The molecule has 0 nitrogen and oxygen atoms in total. The van der Waals surface area contributed by atoms with Gasteiger partial charge < -0.3 is 0 Å². The maximum atomic E-state index is 13.6. The van der Waals surface area contributed by atoms with Gasteiger partial charge in [-0.05, 0) is 5.92 Å². The van der Waals surface area contributed by atoms with Crippen molar-refractivity contribution >= 4 is 0 Å². The van der Waals surface area contributed by atoms with E-state index in [1.165, 1.54) is 0 Å². The van der Waals surface area contributed by atoms with E-state index in [0.29, 0.717) is 0 Å². The lowest BCUT2D eigenvalue weighted by Crippen LogP contribution is -2.42. The van der Waals surface area contributed by atoms with E-state index in [-0.39, 0.29) is 5.92 Å². The fourth-order valence-corrected chi connectivity index (χ4v) is 1.10. The van der Waals surface area contributed by atoms with Gasteiger partial charge in [0.2, 0.25) is 0 Å². The van der Waals surface area contributed by atoms with Crippen LogP contribution >= 0.6 is 0 Å². The minimum absolute atomic E-state index is 0.0271. The van der Waals surface area contributed by atoms with Gasteiger partial charge in [-0.1, -0.05) is 41.5 Å². The molecule has 0 aromatic carbocycles. The molecule has 2 heteroatoms. The highest BCUT2D eigenvalue weighted by atomic mass is 19.3. The van der Waals surface area contributed by atoms with Gasteiger partial charge in [-0.25, -0.2) is 8.78 Å². The van der Waals surface area contributed by atoms with Crippen LogP contribution in [0.5, 0.6) is 0 Å². The highest BCUT2D eigenvalue weighted by Crippen LogP contribution is 2.44. The van der Waals surface area contributed by atoms with Gasteiger partial charge in [0.15, 0.2) is 0 Å². The number of hydrogen-bond donors (Lipinski definition) is 0. The minimum atomic E-state index is -2.58. The monoisotopic (exact) mass is 178 g/mol. The number of alkyl halides is 2. The molecule has 0 fully saturated rings. The average Bonchev–Trinajstić information content (AvgIpc) is 1.83. The molecule has 1 atom stereocenters. The van der Waals surface area contributed by atoms with E-state index in [9.17, 15) is 8.78 Å². The van der Waals surface area contributed by atoms with Crippen LogP contribution in [0, 0.1) is 17.3 Å². The molecule has 0 saturated carbocycles. The number of rotatable bonds is 2. The van der Waals surface area contributed by atoms with E-state index in [1.807, 2.05) is 13.8 Å². The molecular formula is C10H20F2. The third-order valence-electron chi connectivity index (χ3n) is 2.57. The maximum Gasteiger partial charge on any atom is 0.255 e. The molecule has 0 amide bonds. The van der Waals surface area contributed by atoms with Crippen LogP contribution in [-0.2, 0) is 0 Å². The number of hydrogen-bond acceptors (Lipinski definition) is 0. The molecule has 0 N–H and O–H groups in total. The fourth-order valence-electron chi connectivity index (χ4n) is 1.10. The molecule has 74 valence electrons. The Bertz CT molecular complexity index is 142. The van der Waals surface area contributed by atoms with Crippen LogP contribution in [0.3, 0.4) is 0 Å². The molecule has 0 aliphatic rings. The lowest BCUT2D eigenvalue weighted by Gasteiger charge is -2.37. The molecule has 0 aromatic rings. The fraction of sp³-hybridized carbons (Fsp3) is 1.00. The summed E-state index contributed by atoms with van der Waals surface area (Å²) in [5.41, 5.74) is -0.934. The molecule has 0 heterocycles. The largest absolute Gasteiger partial charge is 0.255 e. The van der Waals surface area contributed by atoms with E-state index < -0.39 is 17.3 Å². The Balaban J connectivity index is 4.61. The second kappa shape index (κ2) is 3.31. The van der Waals surface area contributed by atoms with Crippen molar-refractivity contribution in [2.45, 2.75) is 47.5 Å². The number of halogens is 2. The normalized spacial score (nSPS) is 16.8. The van der Waals surface area contributed by atoms with Crippen LogP contribution < -0.4 is 0 Å². The highest BCUT2D eigenvalue weighted by molar-refractivity contribution is 4.87. The second-order valence-electron chi connectivity index (χ2n) is 4.91. The lowest BCUT2D eigenvalue weighted by molar-refractivity contribution is -0.149. The first-order valence-electron chi connectivity index (χ1n) is 4.48. The summed E-state index contributed by atoms with van der Waals surface area (Å²) in [4.78, 5) is 0. The van der Waals surface area contributed by atoms with Crippen LogP contribution in [0.15, 0.2) is 0 Å². The summed E-state index contributed by atoms with van der Waals surface area (Å²) in [6.45, 7) is 10.1. The van der Waals surface area contributed by atoms with E-state index in [0.717, 1.165) is 0 Å². The lowest BCUT2D eigenvalue weighted by atomic mass is 9.76. The summed E-state index contributed by atoms with van der Waals surface area (Å²) in [6, 6.07) is 0. The summed E-state index contributed by atoms with van der Waals surface area (Å²) in [7, 11) is 0. The van der Waals surface area contributed by atoms with Crippen molar-refractivity contribution in [3.05, 3.63) is 0 Å². The van der Waals surface area contributed by atoms with E-state index >= 15 is 0 Å². The Morgan fingerprint density at radius 2 is 1.25 bits per heavy atom. The summed E-state index contributed by atoms with van der Waals surface area (Å²) in [6.07, 6.45) is 0. The Hall–Kier alpha value is -0.140. The molecule has 0 rings (SSSR count). The van der Waals surface area contributed by atoms with Crippen molar-refractivity contribution in [3.8, 4) is 0 Å². The predicted octanol–water partition coefficient (Wildman–Crippen LogP) is 3.96. The van der Waals surface area contributed by atoms with E-state index in [2.05, 4.69) is 0 Å². The zero-order valence-electron chi connectivity index (χ0n) is 8.91. The van der Waals surface area contributed by atoms with Gasteiger partial charge in [-0.3, -0.25) is 0 Å². The summed E-state index contributed by atoms with van der Waals surface area (Å²) < 4.78 is 27.1. The summed E-state index contributed by atoms with van der Waals surface area (Å²) >= 11 is 0. The van der Waals surface area contributed by atoms with Crippen LogP contribution in [-0.4, -0.2) is 5.92 Å². The molecule has 0 bridgehead atoms. The molecule has 0 aliphatic heterocycles. The van der Waals surface area contributed by atoms with Crippen LogP contribution in [0.1, 0.15) is 41.5 Å². The van der Waals surface area contributed by atoms with Gasteiger partial charge in [-0.15, -0.1) is 0 Å². The van der Waals surface area contributed by atoms with Crippen molar-refractivity contribution < 1.29 is 8.78 Å². The standard InChI is InChI=1S/C10H20F2/c1-7(2)8(3)10(11,12)9(4,5)6/h7-8H,1-6H3. The SMILES string of the molecule is CC(C)C(C)C(F)(F)C(C)(C)C. The van der Waals surface area contributed by atoms with Gasteiger partial charge in [-0.2, -0.15) is 0 Å². The molecule has 0 saturated heterocycles. The zero-order chi connectivity index (χ0) is 10.2. The average molecular weight is 178 g/mol. The van der Waals surface area contributed by atoms with Crippen molar-refractivity contribution in [3.63, 3.8) is 0 Å². The van der Waals surface area contributed by atoms with Gasteiger partial charge >= 0.3 is 0 Å².